The van der Waals surface area contributed by atoms with E-state index >= 15 is 0 Å². The Morgan fingerprint density at radius 3 is 2.83 bits per heavy atom. The van der Waals surface area contributed by atoms with Gasteiger partial charge >= 0.3 is 0 Å². The van der Waals surface area contributed by atoms with Crippen LogP contribution in [0.2, 0.25) is 0 Å². The number of hydrogen-bond acceptors (Lipinski definition) is 1. The van der Waals surface area contributed by atoms with Gasteiger partial charge in [0.05, 0.1) is 10.9 Å². The second kappa shape index (κ2) is 2.30. The molecule has 0 saturated carbocycles. The highest BCUT2D eigenvalue weighted by molar-refractivity contribution is 6.33. The standard InChI is InChI=1S/C7H3BF2N2/c8-4-2-6-3(1-5(4)9)7(10)12-11-6/h1-2H,(H,11,12). The van der Waals surface area contributed by atoms with Crippen LogP contribution in [0.25, 0.3) is 10.9 Å². The van der Waals surface area contributed by atoms with Crippen LogP contribution in [0.4, 0.5) is 8.78 Å². The van der Waals surface area contributed by atoms with E-state index in [4.69, 9.17) is 7.85 Å². The van der Waals surface area contributed by atoms with Gasteiger partial charge in [-0.25, -0.2) is 4.39 Å². The van der Waals surface area contributed by atoms with E-state index in [2.05, 4.69) is 10.2 Å². The summed E-state index contributed by atoms with van der Waals surface area (Å²) in [4.78, 5) is 0. The second-order valence-corrected chi connectivity index (χ2v) is 2.43. The van der Waals surface area contributed by atoms with Crippen LogP contribution in [0.15, 0.2) is 12.1 Å². The zero-order chi connectivity index (χ0) is 8.72. The highest BCUT2D eigenvalue weighted by atomic mass is 19.1. The Kier molecular flexibility index (Phi) is 1.39. The summed E-state index contributed by atoms with van der Waals surface area (Å²) in [5.41, 5.74) is 0.292. The molecule has 0 saturated heterocycles. The summed E-state index contributed by atoms with van der Waals surface area (Å²) in [6.07, 6.45) is 0. The molecule has 2 aromatic rings. The highest BCUT2D eigenvalue weighted by Gasteiger charge is 2.06. The van der Waals surface area contributed by atoms with Gasteiger partial charge in [-0.15, -0.1) is 0 Å². The fourth-order valence-corrected chi connectivity index (χ4v) is 1.02. The van der Waals surface area contributed by atoms with Crippen molar-refractivity contribution in [2.75, 3.05) is 0 Å². The molecule has 0 fully saturated rings. The third kappa shape index (κ3) is 0.896. The van der Waals surface area contributed by atoms with E-state index in [1.807, 2.05) is 0 Å². The lowest BCUT2D eigenvalue weighted by molar-refractivity contribution is 0.586. The molecular formula is C7H3BF2N2. The summed E-state index contributed by atoms with van der Waals surface area (Å²) in [7, 11) is 5.24. The molecule has 1 N–H and O–H groups in total. The van der Waals surface area contributed by atoms with Gasteiger partial charge in [-0.05, 0) is 12.1 Å². The van der Waals surface area contributed by atoms with Gasteiger partial charge in [0.25, 0.3) is 0 Å². The molecule has 2 rings (SSSR count). The molecule has 2 nitrogen and oxygen atoms in total. The van der Waals surface area contributed by atoms with Crippen molar-refractivity contribution in [2.45, 2.75) is 0 Å². The molecular weight excluding hydrogens is 161 g/mol. The first kappa shape index (κ1) is 7.27. The van der Waals surface area contributed by atoms with Gasteiger partial charge in [0.1, 0.15) is 13.7 Å². The lowest BCUT2D eigenvalue weighted by Crippen LogP contribution is -2.07. The molecule has 0 spiro atoms. The summed E-state index contributed by atoms with van der Waals surface area (Å²) in [5, 5.41) is 5.78. The SMILES string of the molecule is [B]c1cc2n[nH]c(F)c2cc1F. The number of nitrogens with one attached hydrogen (secondary N) is 1. The Hall–Kier alpha value is -1.39. The first-order chi connectivity index (χ1) is 5.68. The number of fused-ring (bicyclic) bond motifs is 1. The van der Waals surface area contributed by atoms with Crippen molar-refractivity contribution in [3.05, 3.63) is 23.9 Å². The van der Waals surface area contributed by atoms with Crippen molar-refractivity contribution in [3.63, 3.8) is 0 Å². The highest BCUT2D eigenvalue weighted by Crippen LogP contribution is 2.13. The van der Waals surface area contributed by atoms with Gasteiger partial charge in [0, 0.05) is 0 Å². The summed E-state index contributed by atoms with van der Waals surface area (Å²) in [5.74, 6) is -1.29. The van der Waals surface area contributed by atoms with E-state index in [1.165, 1.54) is 6.07 Å². The Morgan fingerprint density at radius 1 is 1.33 bits per heavy atom. The van der Waals surface area contributed by atoms with E-state index < -0.39 is 11.8 Å². The third-order valence-corrected chi connectivity index (χ3v) is 1.63. The lowest BCUT2D eigenvalue weighted by Gasteiger charge is -1.94. The van der Waals surface area contributed by atoms with Crippen LogP contribution in [0.3, 0.4) is 0 Å². The van der Waals surface area contributed by atoms with Gasteiger partial charge in [-0.2, -0.15) is 9.49 Å². The van der Waals surface area contributed by atoms with Crippen molar-refractivity contribution in [1.29, 1.82) is 0 Å². The molecule has 2 radical (unpaired) electrons. The molecule has 0 amide bonds. The maximum absolute atomic E-state index is 12.8. The zero-order valence-corrected chi connectivity index (χ0v) is 5.94. The number of halogens is 2. The molecule has 12 heavy (non-hydrogen) atoms. The normalized spacial score (nSPS) is 10.8. The molecule has 0 aliphatic rings. The molecule has 5 heteroatoms. The van der Waals surface area contributed by atoms with Crippen LogP contribution < -0.4 is 5.46 Å². The Labute approximate surface area is 68.0 Å². The van der Waals surface area contributed by atoms with E-state index in [-0.39, 0.29) is 10.8 Å². The molecule has 1 aromatic heterocycles. The summed E-state index contributed by atoms with van der Waals surface area (Å²) >= 11 is 0. The third-order valence-electron chi connectivity index (χ3n) is 1.63. The van der Waals surface area contributed by atoms with E-state index in [0.29, 0.717) is 5.52 Å². The minimum atomic E-state index is -0.649. The maximum atomic E-state index is 12.8. The number of rotatable bonds is 0. The zero-order valence-electron chi connectivity index (χ0n) is 5.94. The summed E-state index contributed by atoms with van der Waals surface area (Å²) in [6.45, 7) is 0. The molecule has 58 valence electrons. The van der Waals surface area contributed by atoms with Gasteiger partial charge in [0.15, 0.2) is 0 Å². The first-order valence-corrected chi connectivity index (χ1v) is 3.27. The quantitative estimate of drug-likeness (QED) is 0.568. The van der Waals surface area contributed by atoms with Gasteiger partial charge in [-0.3, -0.25) is 5.10 Å². The number of benzene rings is 1. The number of nitrogens with zero attached hydrogens (tertiary/aromatic N) is 1. The van der Waals surface area contributed by atoms with Crippen molar-refractivity contribution in [2.24, 2.45) is 0 Å². The van der Waals surface area contributed by atoms with Crippen molar-refractivity contribution in [3.8, 4) is 0 Å². The largest absolute Gasteiger partial charge is 0.252 e. The smallest absolute Gasteiger partial charge is 0.216 e. The van der Waals surface area contributed by atoms with Crippen molar-refractivity contribution < 1.29 is 8.78 Å². The average Bonchev–Trinajstić information content (AvgIpc) is 2.35. The predicted octanol–water partition coefficient (Wildman–Crippen LogP) is 0.635. The Morgan fingerprint density at radius 2 is 2.08 bits per heavy atom. The monoisotopic (exact) mass is 164 g/mol. The molecule has 1 heterocycles. The van der Waals surface area contributed by atoms with Crippen LogP contribution in [-0.4, -0.2) is 18.0 Å². The molecule has 0 atom stereocenters. The van der Waals surface area contributed by atoms with E-state index in [9.17, 15) is 8.78 Å². The van der Waals surface area contributed by atoms with Crippen LogP contribution in [-0.2, 0) is 0 Å². The Bertz CT molecular complexity index is 438. The number of H-pyrrole nitrogens is 1. The van der Waals surface area contributed by atoms with Crippen LogP contribution in [0.1, 0.15) is 0 Å². The first-order valence-electron chi connectivity index (χ1n) is 3.27. The fraction of sp³-hybridized carbons (Fsp3) is 0. The summed E-state index contributed by atoms with van der Waals surface area (Å²) < 4.78 is 25.5. The predicted molar refractivity (Wildman–Crippen MR) is 41.4 cm³/mol. The van der Waals surface area contributed by atoms with Gasteiger partial charge in [0.2, 0.25) is 5.95 Å². The Balaban J connectivity index is 2.87. The van der Waals surface area contributed by atoms with Gasteiger partial charge in [-0.1, -0.05) is 5.46 Å². The second-order valence-electron chi connectivity index (χ2n) is 2.43. The molecule has 1 aromatic carbocycles. The number of aromatic nitrogens is 2. The average molecular weight is 164 g/mol. The lowest BCUT2D eigenvalue weighted by atomic mass is 9.95. The van der Waals surface area contributed by atoms with Gasteiger partial charge < -0.3 is 0 Å². The van der Waals surface area contributed by atoms with Crippen molar-refractivity contribution >= 4 is 24.2 Å². The van der Waals surface area contributed by atoms with Crippen molar-refractivity contribution in [1.82, 2.24) is 10.2 Å². The topological polar surface area (TPSA) is 28.7 Å². The number of hydrogen-bond donors (Lipinski definition) is 1. The van der Waals surface area contributed by atoms with Crippen LogP contribution >= 0.6 is 0 Å². The van der Waals surface area contributed by atoms with E-state index in [1.54, 1.807) is 0 Å². The van der Waals surface area contributed by atoms with Crippen LogP contribution in [0.5, 0.6) is 0 Å². The molecule has 0 unspecified atom stereocenters. The molecule has 0 bridgehead atoms. The summed E-state index contributed by atoms with van der Waals surface area (Å²) in [6, 6.07) is 2.30. The number of aromatic amines is 1. The maximum Gasteiger partial charge on any atom is 0.216 e. The molecule has 0 aliphatic carbocycles. The van der Waals surface area contributed by atoms with E-state index in [0.717, 1.165) is 6.07 Å². The minimum Gasteiger partial charge on any atom is -0.252 e. The van der Waals surface area contributed by atoms with Crippen LogP contribution in [0, 0.1) is 11.8 Å². The fourth-order valence-electron chi connectivity index (χ4n) is 1.02. The minimum absolute atomic E-state index is 0.0333. The molecule has 0 aliphatic heterocycles.